The summed E-state index contributed by atoms with van der Waals surface area (Å²) in [7, 11) is -3.53. The maximum Gasteiger partial charge on any atom is 0.330 e. The predicted molar refractivity (Wildman–Crippen MR) is 104 cm³/mol. The van der Waals surface area contributed by atoms with Gasteiger partial charge >= 0.3 is 5.97 Å². The van der Waals surface area contributed by atoms with Gasteiger partial charge in [0.1, 0.15) is 5.84 Å². The molecule has 1 N–H and O–H groups in total. The van der Waals surface area contributed by atoms with Gasteiger partial charge in [-0.1, -0.05) is 35.9 Å². The third-order valence-corrected chi connectivity index (χ3v) is 5.37. The van der Waals surface area contributed by atoms with Crippen molar-refractivity contribution in [3.8, 4) is 0 Å². The van der Waals surface area contributed by atoms with Crippen LogP contribution in [0.15, 0.2) is 64.5 Å². The van der Waals surface area contributed by atoms with Crippen LogP contribution in [-0.2, 0) is 19.6 Å². The van der Waals surface area contributed by atoms with Crippen molar-refractivity contribution in [2.45, 2.75) is 11.3 Å². The first-order valence-corrected chi connectivity index (χ1v) is 10.1. The molecule has 2 aromatic carbocycles. The lowest BCUT2D eigenvalue weighted by Gasteiger charge is -2.01. The molecule has 0 radical (unpaired) electrons. The van der Waals surface area contributed by atoms with Gasteiger partial charge in [0.2, 0.25) is 0 Å². The number of hydrogen-bond acceptors (Lipinski definition) is 5. The normalized spacial score (nSPS) is 16.3. The summed E-state index contributed by atoms with van der Waals surface area (Å²) in [5.41, 5.74) is 1.36. The van der Waals surface area contributed by atoms with Gasteiger partial charge in [-0.2, -0.15) is 0 Å². The molecular weight excluding hydrogens is 388 g/mol. The minimum Gasteiger partial charge on any atom is -0.462 e. The molecule has 1 aliphatic rings. The van der Waals surface area contributed by atoms with Gasteiger partial charge in [0.15, 0.2) is 0 Å². The monoisotopic (exact) mass is 404 g/mol. The second-order valence-electron chi connectivity index (χ2n) is 5.74. The van der Waals surface area contributed by atoms with E-state index in [1.165, 1.54) is 12.1 Å². The van der Waals surface area contributed by atoms with Crippen LogP contribution in [0.1, 0.15) is 17.5 Å². The number of hydrogen-bond donors (Lipinski definition) is 1. The van der Waals surface area contributed by atoms with Gasteiger partial charge in [0.05, 0.1) is 11.5 Å². The molecule has 0 fully saturated rings. The van der Waals surface area contributed by atoms with E-state index in [2.05, 4.69) is 9.71 Å². The molecule has 0 amide bonds. The van der Waals surface area contributed by atoms with Crippen molar-refractivity contribution >= 4 is 39.5 Å². The van der Waals surface area contributed by atoms with Crippen LogP contribution in [0.5, 0.6) is 0 Å². The highest BCUT2D eigenvalue weighted by Crippen LogP contribution is 2.22. The third-order valence-electron chi connectivity index (χ3n) is 3.74. The third kappa shape index (κ3) is 4.96. The molecule has 8 heteroatoms. The van der Waals surface area contributed by atoms with Gasteiger partial charge in [-0.15, -0.1) is 0 Å². The number of benzene rings is 2. The zero-order chi connectivity index (χ0) is 19.3. The molecule has 1 aliphatic heterocycles. The summed E-state index contributed by atoms with van der Waals surface area (Å²) in [6.07, 6.45) is 3.43. The van der Waals surface area contributed by atoms with Gasteiger partial charge in [0, 0.05) is 29.6 Å². The number of ether oxygens (including phenoxy) is 1. The van der Waals surface area contributed by atoms with E-state index in [1.807, 2.05) is 6.07 Å². The van der Waals surface area contributed by atoms with Crippen LogP contribution in [0, 0.1) is 0 Å². The molecule has 0 saturated carbocycles. The van der Waals surface area contributed by atoms with E-state index >= 15 is 0 Å². The van der Waals surface area contributed by atoms with E-state index in [9.17, 15) is 13.2 Å². The van der Waals surface area contributed by atoms with Crippen molar-refractivity contribution in [2.24, 2.45) is 4.99 Å². The van der Waals surface area contributed by atoms with Gasteiger partial charge in [0.25, 0.3) is 10.0 Å². The minimum atomic E-state index is -3.53. The van der Waals surface area contributed by atoms with Gasteiger partial charge in [-0.25, -0.2) is 13.2 Å². The lowest BCUT2D eigenvalue weighted by atomic mass is 10.2. The van der Waals surface area contributed by atoms with E-state index in [0.717, 1.165) is 5.56 Å². The van der Waals surface area contributed by atoms with E-state index in [-0.39, 0.29) is 11.5 Å². The summed E-state index contributed by atoms with van der Waals surface area (Å²) in [6.45, 7) is 0.515. The number of carbonyl (C=O) groups is 1. The fraction of sp³-hybridized carbons (Fsp3) is 0.158. The lowest BCUT2D eigenvalue weighted by Crippen LogP contribution is -2.22. The Bertz CT molecular complexity index is 1020. The van der Waals surface area contributed by atoms with E-state index in [1.54, 1.807) is 42.5 Å². The minimum absolute atomic E-state index is 0.184. The first kappa shape index (κ1) is 19.1. The quantitative estimate of drug-likeness (QED) is 0.455. The van der Waals surface area contributed by atoms with Crippen molar-refractivity contribution < 1.29 is 17.9 Å². The van der Waals surface area contributed by atoms with E-state index in [4.69, 9.17) is 16.3 Å². The van der Waals surface area contributed by atoms with Crippen LogP contribution < -0.4 is 4.72 Å². The Labute approximate surface area is 162 Å². The summed E-state index contributed by atoms with van der Waals surface area (Å²) in [4.78, 5) is 16.2. The first-order chi connectivity index (χ1) is 13.0. The van der Waals surface area contributed by atoms with Crippen molar-refractivity contribution in [1.82, 2.24) is 4.72 Å². The van der Waals surface area contributed by atoms with Crippen LogP contribution in [0.25, 0.3) is 6.08 Å². The number of rotatable bonds is 6. The second kappa shape index (κ2) is 8.37. The molecule has 6 nitrogen and oxygen atoms in total. The summed E-state index contributed by atoms with van der Waals surface area (Å²) in [5, 5.41) is 0.591. The highest BCUT2D eigenvalue weighted by Gasteiger charge is 2.29. The van der Waals surface area contributed by atoms with Crippen LogP contribution in [0.4, 0.5) is 0 Å². The number of fused-ring (bicyclic) bond motifs is 1. The molecule has 1 heterocycles. The number of esters is 1. The fourth-order valence-electron chi connectivity index (χ4n) is 2.50. The molecule has 3 rings (SSSR count). The molecule has 140 valence electrons. The van der Waals surface area contributed by atoms with E-state index < -0.39 is 16.0 Å². The summed E-state index contributed by atoms with van der Waals surface area (Å²) < 4.78 is 31.5. The first-order valence-electron chi connectivity index (χ1n) is 8.23. The average Bonchev–Trinajstić information content (AvgIpc) is 2.91. The van der Waals surface area contributed by atoms with Crippen molar-refractivity contribution in [3.05, 3.63) is 70.8 Å². The average molecular weight is 405 g/mol. The SMILES string of the molecule is O=C(C=Cc1cccc(Cl)c1)OCCCN=C1NS(=O)(=O)c2ccccc21. The number of amidine groups is 1. The van der Waals surface area contributed by atoms with Gasteiger partial charge < -0.3 is 4.74 Å². The maximum absolute atomic E-state index is 12.0. The Balaban J connectivity index is 1.47. The summed E-state index contributed by atoms with van der Waals surface area (Å²) >= 11 is 5.88. The maximum atomic E-state index is 12.0. The molecule has 0 saturated heterocycles. The zero-order valence-electron chi connectivity index (χ0n) is 14.3. The van der Waals surface area contributed by atoms with Gasteiger partial charge in [-0.05, 0) is 35.9 Å². The van der Waals surface area contributed by atoms with Crippen LogP contribution in [-0.4, -0.2) is 33.4 Å². The number of carbonyl (C=O) groups excluding carboxylic acids is 1. The molecular formula is C19H17ClN2O4S. The standard InChI is InChI=1S/C19H17ClN2O4S/c20-15-6-3-5-14(13-15)9-10-18(23)26-12-4-11-21-19-16-7-1-2-8-17(16)27(24,25)22-19/h1-3,5-10,13H,4,11-12H2,(H,21,22). The largest absolute Gasteiger partial charge is 0.462 e. The Morgan fingerprint density at radius 1 is 1.19 bits per heavy atom. The molecule has 0 aliphatic carbocycles. The highest BCUT2D eigenvalue weighted by atomic mass is 35.5. The highest BCUT2D eigenvalue weighted by molar-refractivity contribution is 7.90. The second-order valence-corrected chi connectivity index (χ2v) is 7.83. The predicted octanol–water partition coefficient (Wildman–Crippen LogP) is 3.03. The van der Waals surface area contributed by atoms with Crippen LogP contribution in [0.2, 0.25) is 5.02 Å². The molecule has 27 heavy (non-hydrogen) atoms. The molecule has 0 unspecified atom stereocenters. The number of sulfonamides is 1. The fourth-order valence-corrected chi connectivity index (χ4v) is 3.95. The van der Waals surface area contributed by atoms with Crippen LogP contribution >= 0.6 is 11.6 Å². The molecule has 0 atom stereocenters. The van der Waals surface area contributed by atoms with Crippen molar-refractivity contribution in [3.63, 3.8) is 0 Å². The topological polar surface area (TPSA) is 84.8 Å². The van der Waals surface area contributed by atoms with Crippen LogP contribution in [0.3, 0.4) is 0 Å². The molecule has 0 bridgehead atoms. The lowest BCUT2D eigenvalue weighted by molar-refractivity contribution is -0.137. The van der Waals surface area contributed by atoms with Gasteiger partial charge in [-0.3, -0.25) is 9.71 Å². The summed E-state index contributed by atoms with van der Waals surface area (Å²) in [5.74, 6) is -0.146. The Morgan fingerprint density at radius 3 is 2.81 bits per heavy atom. The molecule has 0 aromatic heterocycles. The molecule has 0 spiro atoms. The van der Waals surface area contributed by atoms with Crippen molar-refractivity contribution in [2.75, 3.05) is 13.2 Å². The Hall–Kier alpha value is -2.64. The number of nitrogens with one attached hydrogen (secondary N) is 1. The Morgan fingerprint density at radius 2 is 2.00 bits per heavy atom. The zero-order valence-corrected chi connectivity index (χ0v) is 15.8. The number of aliphatic imine (C=N–C) groups is 1. The Kier molecular flexibility index (Phi) is 5.93. The number of halogens is 1. The van der Waals surface area contributed by atoms with Crippen molar-refractivity contribution in [1.29, 1.82) is 0 Å². The smallest absolute Gasteiger partial charge is 0.330 e. The van der Waals surface area contributed by atoms with E-state index in [0.29, 0.717) is 29.4 Å². The number of nitrogens with zero attached hydrogens (tertiary/aromatic N) is 1. The molecule has 2 aromatic rings. The summed E-state index contributed by atoms with van der Waals surface area (Å²) in [6, 6.07) is 13.8.